The second-order valence-corrected chi connectivity index (χ2v) is 13.0. The molecule has 0 saturated carbocycles. The molecule has 0 N–H and O–H groups in total. The van der Waals surface area contributed by atoms with E-state index in [1.807, 2.05) is 38.4 Å². The van der Waals surface area contributed by atoms with Crippen LogP contribution in [0.4, 0.5) is 22.7 Å². The quantitative estimate of drug-likeness (QED) is 0.203. The summed E-state index contributed by atoms with van der Waals surface area (Å²) in [7, 11) is 4.01. The standard InChI is InChI=1S/C38H32Cl4N4.2BrH/c1-43(37-21-31(39)19-32(40)22-37)35-11-15-45(16-12-35)25-27-3-7-29(8-4-27)30-9-5-28(6-10-30)26-46-17-13-36(14-18-46)44(2)38-23-33(41)20-34(42)24-38;;/h3-24H,25-26H2,1-2H3;2*1H/q+2;;/p-2. The molecule has 4 aromatic carbocycles. The van der Waals surface area contributed by atoms with E-state index in [0.29, 0.717) is 20.1 Å². The van der Waals surface area contributed by atoms with Crippen LogP contribution in [0, 0.1) is 0 Å². The Kier molecular flexibility index (Phi) is 13.4. The fourth-order valence-electron chi connectivity index (χ4n) is 5.35. The Morgan fingerprint density at radius 1 is 0.417 bits per heavy atom. The number of pyridine rings is 2. The first kappa shape index (κ1) is 37.7. The predicted molar refractivity (Wildman–Crippen MR) is 192 cm³/mol. The molecule has 10 heteroatoms. The van der Waals surface area contributed by atoms with Gasteiger partial charge >= 0.3 is 0 Å². The third kappa shape index (κ3) is 9.53. The zero-order valence-electron chi connectivity index (χ0n) is 26.2. The van der Waals surface area contributed by atoms with Gasteiger partial charge in [0, 0.05) is 81.0 Å². The fraction of sp³-hybridized carbons (Fsp3) is 0.105. The van der Waals surface area contributed by atoms with Crippen molar-refractivity contribution in [2.24, 2.45) is 0 Å². The highest BCUT2D eigenvalue weighted by atomic mass is 79.9. The molecule has 0 unspecified atom stereocenters. The van der Waals surface area contributed by atoms with Gasteiger partial charge in [-0.25, -0.2) is 9.13 Å². The summed E-state index contributed by atoms with van der Waals surface area (Å²) in [5, 5.41) is 2.47. The van der Waals surface area contributed by atoms with Crippen LogP contribution in [0.25, 0.3) is 11.1 Å². The second kappa shape index (κ2) is 17.0. The first-order chi connectivity index (χ1) is 22.2. The third-order valence-corrected chi connectivity index (χ3v) is 8.84. The maximum Gasteiger partial charge on any atom is 0.173 e. The van der Waals surface area contributed by atoms with E-state index in [4.69, 9.17) is 46.4 Å². The van der Waals surface area contributed by atoms with Crippen LogP contribution in [0.5, 0.6) is 0 Å². The summed E-state index contributed by atoms with van der Waals surface area (Å²) >= 11 is 24.8. The summed E-state index contributed by atoms with van der Waals surface area (Å²) in [6.45, 7) is 1.57. The molecular formula is C38H32Br2Cl4N4. The van der Waals surface area contributed by atoms with Gasteiger partial charge in [0.25, 0.3) is 0 Å². The molecule has 246 valence electrons. The number of aromatic nitrogens is 2. The van der Waals surface area contributed by atoms with Gasteiger partial charge in [-0.05, 0) is 47.5 Å². The van der Waals surface area contributed by atoms with E-state index in [0.717, 1.165) is 35.8 Å². The number of rotatable bonds is 9. The van der Waals surface area contributed by atoms with Crippen LogP contribution in [-0.4, -0.2) is 14.1 Å². The molecule has 0 atom stereocenters. The number of hydrogen-bond acceptors (Lipinski definition) is 2. The van der Waals surface area contributed by atoms with Crippen LogP contribution >= 0.6 is 46.4 Å². The zero-order chi connectivity index (χ0) is 32.2. The summed E-state index contributed by atoms with van der Waals surface area (Å²) in [6, 6.07) is 37.0. The minimum absolute atomic E-state index is 0. The van der Waals surface area contributed by atoms with Gasteiger partial charge < -0.3 is 43.8 Å². The second-order valence-electron chi connectivity index (χ2n) is 11.2. The Hall–Kier alpha value is -3.10. The van der Waals surface area contributed by atoms with E-state index < -0.39 is 0 Å². The Bertz CT molecular complexity index is 1770. The van der Waals surface area contributed by atoms with Crippen LogP contribution < -0.4 is 52.9 Å². The predicted octanol–water partition coefficient (Wildman–Crippen LogP) is 4.18. The minimum Gasteiger partial charge on any atom is -1.00 e. The Morgan fingerprint density at radius 3 is 1.00 bits per heavy atom. The van der Waals surface area contributed by atoms with Gasteiger partial charge in [0.05, 0.1) is 11.4 Å². The van der Waals surface area contributed by atoms with E-state index in [1.54, 1.807) is 12.1 Å². The number of anilines is 4. The van der Waals surface area contributed by atoms with Crippen LogP contribution in [-0.2, 0) is 13.1 Å². The summed E-state index contributed by atoms with van der Waals surface area (Å²) in [5.41, 5.74) is 8.84. The lowest BCUT2D eigenvalue weighted by molar-refractivity contribution is -0.688. The summed E-state index contributed by atoms with van der Waals surface area (Å²) in [6.07, 6.45) is 8.35. The van der Waals surface area contributed by atoms with Crippen molar-refractivity contribution < 1.29 is 43.1 Å². The molecule has 0 radical (unpaired) electrons. The maximum atomic E-state index is 6.20. The molecular weight excluding hydrogens is 814 g/mol. The summed E-state index contributed by atoms with van der Waals surface area (Å²) < 4.78 is 4.34. The Balaban J connectivity index is 0.00000260. The molecule has 2 heterocycles. The Morgan fingerprint density at radius 2 is 0.708 bits per heavy atom. The highest BCUT2D eigenvalue weighted by molar-refractivity contribution is 6.35. The number of benzene rings is 4. The molecule has 4 nitrogen and oxygen atoms in total. The molecule has 0 aliphatic rings. The smallest absolute Gasteiger partial charge is 0.173 e. The number of hydrogen-bond donors (Lipinski definition) is 0. The van der Waals surface area contributed by atoms with Crippen molar-refractivity contribution in [3.05, 3.63) is 165 Å². The van der Waals surface area contributed by atoms with Gasteiger partial charge in [0.15, 0.2) is 37.9 Å². The molecule has 0 spiro atoms. The Labute approximate surface area is 323 Å². The van der Waals surface area contributed by atoms with Gasteiger partial charge in [-0.15, -0.1) is 0 Å². The van der Waals surface area contributed by atoms with Crippen molar-refractivity contribution in [2.45, 2.75) is 13.1 Å². The number of halogens is 6. The van der Waals surface area contributed by atoms with Gasteiger partial charge in [-0.1, -0.05) is 94.9 Å². The van der Waals surface area contributed by atoms with Crippen molar-refractivity contribution in [2.75, 3.05) is 23.9 Å². The van der Waals surface area contributed by atoms with Crippen LogP contribution in [0.3, 0.4) is 0 Å². The number of nitrogens with zero attached hydrogens (tertiary/aromatic N) is 4. The highest BCUT2D eigenvalue weighted by Gasteiger charge is 2.12. The molecule has 0 saturated heterocycles. The first-order valence-corrected chi connectivity index (χ1v) is 16.3. The summed E-state index contributed by atoms with van der Waals surface area (Å²) in [5.74, 6) is 0. The molecule has 6 aromatic rings. The molecule has 6 rings (SSSR count). The van der Waals surface area contributed by atoms with Crippen molar-refractivity contribution in [3.63, 3.8) is 0 Å². The van der Waals surface area contributed by atoms with Crippen molar-refractivity contribution in [3.8, 4) is 11.1 Å². The normalized spacial score (nSPS) is 10.5. The van der Waals surface area contributed by atoms with E-state index >= 15 is 0 Å². The average molecular weight is 846 g/mol. The van der Waals surface area contributed by atoms with Gasteiger partial charge in [-0.3, -0.25) is 0 Å². The maximum absolute atomic E-state index is 6.20. The van der Waals surface area contributed by atoms with Crippen LogP contribution in [0.15, 0.2) is 134 Å². The van der Waals surface area contributed by atoms with E-state index in [-0.39, 0.29) is 34.0 Å². The monoisotopic (exact) mass is 842 g/mol. The molecule has 48 heavy (non-hydrogen) atoms. The lowest BCUT2D eigenvalue weighted by Crippen LogP contribution is -3.00. The average Bonchev–Trinajstić information content (AvgIpc) is 3.05. The fourth-order valence-corrected chi connectivity index (χ4v) is 6.38. The van der Waals surface area contributed by atoms with Crippen molar-refractivity contribution in [1.82, 2.24) is 0 Å². The topological polar surface area (TPSA) is 14.2 Å². The molecule has 0 bridgehead atoms. The van der Waals surface area contributed by atoms with E-state index in [2.05, 4.69) is 117 Å². The first-order valence-electron chi connectivity index (χ1n) is 14.8. The van der Waals surface area contributed by atoms with Gasteiger partial charge in [0.2, 0.25) is 0 Å². The van der Waals surface area contributed by atoms with Crippen LogP contribution in [0.2, 0.25) is 20.1 Å². The SMILES string of the molecule is CN(c1cc[n+](Cc2ccc(-c3ccc(C[n+]4ccc(N(C)c5cc(Cl)cc(Cl)c5)cc4)cc3)cc2)cc1)c1cc(Cl)cc(Cl)c1.[Br-].[Br-]. The molecule has 0 aliphatic carbocycles. The lowest BCUT2D eigenvalue weighted by Gasteiger charge is -2.19. The molecule has 2 aromatic heterocycles. The molecule has 0 amide bonds. The van der Waals surface area contributed by atoms with Gasteiger partial charge in [0.1, 0.15) is 0 Å². The van der Waals surface area contributed by atoms with E-state index in [9.17, 15) is 0 Å². The largest absolute Gasteiger partial charge is 1.00 e. The van der Waals surface area contributed by atoms with Crippen molar-refractivity contribution in [1.29, 1.82) is 0 Å². The summed E-state index contributed by atoms with van der Waals surface area (Å²) in [4.78, 5) is 4.13. The minimum atomic E-state index is 0. The van der Waals surface area contributed by atoms with Crippen LogP contribution in [0.1, 0.15) is 11.1 Å². The third-order valence-electron chi connectivity index (χ3n) is 7.96. The molecule has 0 aliphatic heterocycles. The van der Waals surface area contributed by atoms with Gasteiger partial charge in [-0.2, -0.15) is 0 Å². The lowest BCUT2D eigenvalue weighted by atomic mass is 10.0. The van der Waals surface area contributed by atoms with E-state index in [1.165, 1.54) is 22.3 Å². The molecule has 0 fully saturated rings. The van der Waals surface area contributed by atoms with Crippen molar-refractivity contribution >= 4 is 69.2 Å². The highest BCUT2D eigenvalue weighted by Crippen LogP contribution is 2.30. The zero-order valence-corrected chi connectivity index (χ0v) is 32.4.